The second-order valence-electron chi connectivity index (χ2n) is 1.97. The minimum absolute atomic E-state index is 0.261. The lowest BCUT2D eigenvalue weighted by Crippen LogP contribution is -1.98. The van der Waals surface area contributed by atoms with E-state index in [2.05, 4.69) is 18.8 Å². The summed E-state index contributed by atoms with van der Waals surface area (Å²) < 4.78 is 0. The van der Waals surface area contributed by atoms with Gasteiger partial charge in [-0.15, -0.1) is 0 Å². The average molecular weight is 158 g/mol. The molecule has 0 atom stereocenters. The van der Waals surface area contributed by atoms with Crippen molar-refractivity contribution in [1.82, 2.24) is 0 Å². The standard InChI is InChI=1S/C7H10O2S/c1-6(7(8)9)4-2-3-5-10/h5H,1-4H2,(H,8,9). The Labute approximate surface area is 65.6 Å². The number of aliphatic carboxylic acids is 1. The highest BCUT2D eigenvalue weighted by molar-refractivity contribution is 7.78. The molecule has 0 rings (SSSR count). The molecule has 0 unspecified atom stereocenters. The molecule has 10 heavy (non-hydrogen) atoms. The van der Waals surface area contributed by atoms with Gasteiger partial charge >= 0.3 is 5.97 Å². The fourth-order valence-corrected chi connectivity index (χ4v) is 0.672. The Kier molecular flexibility index (Phi) is 4.76. The van der Waals surface area contributed by atoms with E-state index < -0.39 is 5.97 Å². The van der Waals surface area contributed by atoms with E-state index >= 15 is 0 Å². The van der Waals surface area contributed by atoms with E-state index in [1.165, 1.54) is 0 Å². The Morgan fingerprint density at radius 3 is 2.70 bits per heavy atom. The van der Waals surface area contributed by atoms with Crippen molar-refractivity contribution < 1.29 is 9.90 Å². The zero-order chi connectivity index (χ0) is 7.98. The third-order valence-electron chi connectivity index (χ3n) is 1.10. The van der Waals surface area contributed by atoms with Gasteiger partial charge in [-0.1, -0.05) is 18.8 Å². The van der Waals surface area contributed by atoms with Gasteiger partial charge in [0.15, 0.2) is 0 Å². The van der Waals surface area contributed by atoms with E-state index in [0.29, 0.717) is 6.42 Å². The van der Waals surface area contributed by atoms with Crippen LogP contribution in [0.25, 0.3) is 0 Å². The monoisotopic (exact) mass is 158 g/mol. The molecule has 0 amide bonds. The first kappa shape index (κ1) is 9.30. The predicted molar refractivity (Wildman–Crippen MR) is 44.3 cm³/mol. The van der Waals surface area contributed by atoms with Crippen LogP contribution >= 0.6 is 12.2 Å². The zero-order valence-electron chi connectivity index (χ0n) is 5.67. The Morgan fingerprint density at radius 2 is 2.30 bits per heavy atom. The Balaban J connectivity index is 3.40. The number of carboxylic acids is 1. The van der Waals surface area contributed by atoms with Gasteiger partial charge in [0.05, 0.1) is 0 Å². The first-order valence-corrected chi connectivity index (χ1v) is 3.50. The second-order valence-corrected chi connectivity index (χ2v) is 2.30. The fourth-order valence-electron chi connectivity index (χ4n) is 0.506. The van der Waals surface area contributed by atoms with Crippen molar-refractivity contribution in [2.75, 3.05) is 0 Å². The SMILES string of the molecule is C=C(CCCC=S)C(=O)O. The molecular weight excluding hydrogens is 148 g/mol. The quantitative estimate of drug-likeness (QED) is 0.376. The summed E-state index contributed by atoms with van der Waals surface area (Å²) in [7, 11) is 0. The molecule has 0 aromatic carbocycles. The molecule has 0 saturated carbocycles. The minimum atomic E-state index is -0.913. The summed E-state index contributed by atoms with van der Waals surface area (Å²) in [5.41, 5.74) is 0.261. The van der Waals surface area contributed by atoms with E-state index in [-0.39, 0.29) is 5.57 Å². The topological polar surface area (TPSA) is 37.3 Å². The molecule has 0 radical (unpaired) electrons. The van der Waals surface area contributed by atoms with Crippen molar-refractivity contribution in [2.24, 2.45) is 0 Å². The molecule has 0 aliphatic carbocycles. The Morgan fingerprint density at radius 1 is 1.70 bits per heavy atom. The van der Waals surface area contributed by atoms with Gasteiger partial charge in [0.1, 0.15) is 0 Å². The summed E-state index contributed by atoms with van der Waals surface area (Å²) in [4.78, 5) is 10.2. The van der Waals surface area contributed by atoms with E-state index in [1.807, 2.05) is 0 Å². The average Bonchev–Trinajstić information content (AvgIpc) is 1.88. The molecule has 3 heteroatoms. The number of hydrogen-bond donors (Lipinski definition) is 1. The number of carbonyl (C=O) groups is 1. The van der Waals surface area contributed by atoms with Crippen LogP contribution in [0, 0.1) is 0 Å². The number of thiocarbonyl (C=S) groups is 1. The fraction of sp³-hybridized carbons (Fsp3) is 0.429. The van der Waals surface area contributed by atoms with Gasteiger partial charge in [-0.25, -0.2) is 4.79 Å². The first-order valence-electron chi connectivity index (χ1n) is 3.03. The van der Waals surface area contributed by atoms with Crippen molar-refractivity contribution in [3.8, 4) is 0 Å². The Bertz CT molecular complexity index is 152. The number of rotatable bonds is 5. The number of hydrogen-bond acceptors (Lipinski definition) is 2. The largest absolute Gasteiger partial charge is 0.478 e. The van der Waals surface area contributed by atoms with E-state index in [1.54, 1.807) is 5.37 Å². The first-order chi connectivity index (χ1) is 4.68. The summed E-state index contributed by atoms with van der Waals surface area (Å²) in [6.07, 6.45) is 2.10. The van der Waals surface area contributed by atoms with E-state index in [9.17, 15) is 4.79 Å². The Hall–Kier alpha value is -0.700. The summed E-state index contributed by atoms with van der Waals surface area (Å²) in [6.45, 7) is 3.38. The molecule has 0 spiro atoms. The smallest absolute Gasteiger partial charge is 0.330 e. The lowest BCUT2D eigenvalue weighted by molar-refractivity contribution is -0.132. The highest BCUT2D eigenvalue weighted by atomic mass is 32.1. The highest BCUT2D eigenvalue weighted by Gasteiger charge is 2.01. The van der Waals surface area contributed by atoms with Gasteiger partial charge in [-0.05, 0) is 24.6 Å². The van der Waals surface area contributed by atoms with Crippen molar-refractivity contribution >= 4 is 23.6 Å². The van der Waals surface area contributed by atoms with Crippen molar-refractivity contribution in [1.29, 1.82) is 0 Å². The summed E-state index contributed by atoms with van der Waals surface area (Å²) in [5.74, 6) is -0.913. The van der Waals surface area contributed by atoms with Crippen LogP contribution in [0.4, 0.5) is 0 Å². The van der Waals surface area contributed by atoms with Gasteiger partial charge in [-0.2, -0.15) is 0 Å². The van der Waals surface area contributed by atoms with E-state index in [0.717, 1.165) is 12.8 Å². The maximum atomic E-state index is 10.2. The molecular formula is C7H10O2S. The highest BCUT2D eigenvalue weighted by Crippen LogP contribution is 2.03. The summed E-state index contributed by atoms with van der Waals surface area (Å²) >= 11 is 4.57. The maximum Gasteiger partial charge on any atom is 0.330 e. The molecule has 0 saturated heterocycles. The van der Waals surface area contributed by atoms with Gasteiger partial charge in [0, 0.05) is 5.57 Å². The normalized spacial score (nSPS) is 8.80. The molecule has 1 N–H and O–H groups in total. The van der Waals surface area contributed by atoms with Crippen LogP contribution in [0.15, 0.2) is 12.2 Å². The van der Waals surface area contributed by atoms with Crippen LogP contribution in [-0.2, 0) is 4.79 Å². The van der Waals surface area contributed by atoms with Gasteiger partial charge in [0.2, 0.25) is 0 Å². The second kappa shape index (κ2) is 5.11. The summed E-state index contributed by atoms with van der Waals surface area (Å²) in [5, 5.41) is 9.95. The van der Waals surface area contributed by atoms with Crippen molar-refractivity contribution in [3.05, 3.63) is 12.2 Å². The number of unbranched alkanes of at least 4 members (excludes halogenated alkanes) is 1. The lowest BCUT2D eigenvalue weighted by atomic mass is 10.1. The molecule has 0 aromatic rings. The molecule has 2 nitrogen and oxygen atoms in total. The molecule has 56 valence electrons. The van der Waals surface area contributed by atoms with Crippen molar-refractivity contribution in [3.63, 3.8) is 0 Å². The number of carboxylic acid groups (broad SMARTS) is 1. The lowest BCUT2D eigenvalue weighted by Gasteiger charge is -1.95. The molecule has 0 aromatic heterocycles. The predicted octanol–water partition coefficient (Wildman–Crippen LogP) is 1.80. The van der Waals surface area contributed by atoms with Gasteiger partial charge < -0.3 is 5.11 Å². The third kappa shape index (κ3) is 4.21. The van der Waals surface area contributed by atoms with Gasteiger partial charge in [0.25, 0.3) is 0 Å². The van der Waals surface area contributed by atoms with Crippen molar-refractivity contribution in [2.45, 2.75) is 19.3 Å². The van der Waals surface area contributed by atoms with E-state index in [4.69, 9.17) is 5.11 Å². The van der Waals surface area contributed by atoms with Crippen LogP contribution in [0.2, 0.25) is 0 Å². The van der Waals surface area contributed by atoms with Crippen LogP contribution < -0.4 is 0 Å². The molecule has 0 aliphatic rings. The van der Waals surface area contributed by atoms with Crippen LogP contribution in [0.5, 0.6) is 0 Å². The van der Waals surface area contributed by atoms with Crippen LogP contribution in [0.1, 0.15) is 19.3 Å². The molecule has 0 heterocycles. The van der Waals surface area contributed by atoms with Crippen LogP contribution in [0.3, 0.4) is 0 Å². The minimum Gasteiger partial charge on any atom is -0.478 e. The zero-order valence-corrected chi connectivity index (χ0v) is 6.49. The molecule has 0 fully saturated rings. The third-order valence-corrected chi connectivity index (χ3v) is 1.34. The summed E-state index contributed by atoms with van der Waals surface area (Å²) in [6, 6.07) is 0. The maximum absolute atomic E-state index is 10.2. The van der Waals surface area contributed by atoms with Crippen LogP contribution in [-0.4, -0.2) is 16.4 Å². The molecule has 0 aliphatic heterocycles. The van der Waals surface area contributed by atoms with Gasteiger partial charge in [-0.3, -0.25) is 0 Å². The molecule has 0 bridgehead atoms.